The summed E-state index contributed by atoms with van der Waals surface area (Å²) in [6, 6.07) is 10.3. The van der Waals surface area contributed by atoms with Gasteiger partial charge < -0.3 is 19.7 Å². The van der Waals surface area contributed by atoms with E-state index in [-0.39, 0.29) is 5.91 Å². The summed E-state index contributed by atoms with van der Waals surface area (Å²) in [5.74, 6) is 2.34. The molecule has 4 heterocycles. The second kappa shape index (κ2) is 9.14. The molecule has 31 heavy (non-hydrogen) atoms. The van der Waals surface area contributed by atoms with Crippen LogP contribution >= 0.6 is 0 Å². The Morgan fingerprint density at radius 3 is 2.84 bits per heavy atom. The van der Waals surface area contributed by atoms with Gasteiger partial charge in [-0.1, -0.05) is 6.07 Å². The third kappa shape index (κ3) is 4.61. The van der Waals surface area contributed by atoms with Crippen LogP contribution in [0.1, 0.15) is 30.4 Å². The van der Waals surface area contributed by atoms with E-state index in [1.54, 1.807) is 0 Å². The number of aromatic nitrogens is 1. The van der Waals surface area contributed by atoms with Crippen molar-refractivity contribution in [1.82, 2.24) is 9.88 Å². The number of ether oxygens (including phenoxy) is 2. The summed E-state index contributed by atoms with van der Waals surface area (Å²) >= 11 is 0. The number of carbonyl (C=O) groups is 1. The fourth-order valence-corrected chi connectivity index (χ4v) is 4.63. The molecule has 0 unspecified atom stereocenters. The molecule has 0 spiro atoms. The normalized spacial score (nSPS) is 18.2. The predicted molar refractivity (Wildman–Crippen MR) is 120 cm³/mol. The summed E-state index contributed by atoms with van der Waals surface area (Å²) in [4.78, 5) is 21.0. The lowest BCUT2D eigenvalue weighted by atomic mass is 10.1. The van der Waals surface area contributed by atoms with Gasteiger partial charge in [-0.15, -0.1) is 0 Å². The average Bonchev–Trinajstić information content (AvgIpc) is 3.28. The van der Waals surface area contributed by atoms with E-state index < -0.39 is 0 Å². The van der Waals surface area contributed by atoms with Gasteiger partial charge >= 0.3 is 0 Å². The van der Waals surface area contributed by atoms with E-state index in [2.05, 4.69) is 38.3 Å². The molecule has 1 aromatic carbocycles. The van der Waals surface area contributed by atoms with Gasteiger partial charge in [0.15, 0.2) is 0 Å². The zero-order chi connectivity index (χ0) is 21.0. The van der Waals surface area contributed by atoms with E-state index in [1.165, 1.54) is 11.3 Å². The van der Waals surface area contributed by atoms with Crippen molar-refractivity contribution < 1.29 is 14.3 Å². The Morgan fingerprint density at radius 2 is 1.94 bits per heavy atom. The Hall–Kier alpha value is -2.80. The summed E-state index contributed by atoms with van der Waals surface area (Å²) in [5, 5.41) is 2.83. The minimum atomic E-state index is 0.0298. The maximum absolute atomic E-state index is 11.5. The van der Waals surface area contributed by atoms with Gasteiger partial charge in [0.1, 0.15) is 11.6 Å². The first-order valence-electron chi connectivity index (χ1n) is 11.4. The zero-order valence-electron chi connectivity index (χ0n) is 17.9. The van der Waals surface area contributed by atoms with E-state index in [9.17, 15) is 4.79 Å². The first kappa shape index (κ1) is 20.1. The quantitative estimate of drug-likeness (QED) is 0.692. The average molecular weight is 423 g/mol. The summed E-state index contributed by atoms with van der Waals surface area (Å²) in [7, 11) is 0. The summed E-state index contributed by atoms with van der Waals surface area (Å²) in [6.45, 7) is 6.88. The third-order valence-corrected chi connectivity index (χ3v) is 6.38. The van der Waals surface area contributed by atoms with Gasteiger partial charge in [0.05, 0.1) is 13.2 Å². The zero-order valence-corrected chi connectivity index (χ0v) is 17.9. The van der Waals surface area contributed by atoms with Crippen molar-refractivity contribution in [2.24, 2.45) is 0 Å². The topological polar surface area (TPSA) is 66.9 Å². The number of amides is 1. The van der Waals surface area contributed by atoms with Crippen molar-refractivity contribution in [2.45, 2.75) is 32.1 Å². The highest BCUT2D eigenvalue weighted by Crippen LogP contribution is 2.34. The lowest BCUT2D eigenvalue weighted by molar-refractivity contribution is -0.116. The van der Waals surface area contributed by atoms with Gasteiger partial charge in [-0.25, -0.2) is 0 Å². The molecule has 1 saturated heterocycles. The maximum Gasteiger partial charge on any atom is 0.225 e. The van der Waals surface area contributed by atoms with Crippen molar-refractivity contribution in [2.75, 3.05) is 56.2 Å². The van der Waals surface area contributed by atoms with Gasteiger partial charge in [-0.2, -0.15) is 4.98 Å². The second-order valence-electron chi connectivity index (χ2n) is 8.44. The van der Waals surface area contributed by atoms with E-state index in [0.717, 1.165) is 76.3 Å². The Balaban J connectivity index is 1.02. The number of benzene rings is 1. The Kier molecular flexibility index (Phi) is 5.93. The molecule has 0 atom stereocenters. The molecular weight excluding hydrogens is 392 g/mol. The molecule has 3 aliphatic heterocycles. The number of hydrogen-bond donors (Lipinski definition) is 1. The highest BCUT2D eigenvalue weighted by molar-refractivity contribution is 5.92. The maximum atomic E-state index is 11.5. The first-order chi connectivity index (χ1) is 15.3. The van der Waals surface area contributed by atoms with Gasteiger partial charge in [0.25, 0.3) is 0 Å². The fraction of sp³-hybridized carbons (Fsp3) is 0.500. The lowest BCUT2D eigenvalue weighted by Crippen LogP contribution is -2.46. The van der Waals surface area contributed by atoms with Gasteiger partial charge in [0, 0.05) is 56.3 Å². The number of carbonyl (C=O) groups excluding carboxylic acids is 1. The van der Waals surface area contributed by atoms with Crippen molar-refractivity contribution in [3.05, 3.63) is 41.5 Å². The molecule has 0 aliphatic carbocycles. The Bertz CT molecular complexity index is 940. The molecular formula is C24H30N4O3. The minimum Gasteiger partial charge on any atom is -0.493 e. The first-order valence-corrected chi connectivity index (χ1v) is 11.4. The molecule has 7 heteroatoms. The number of anilines is 2. The second-order valence-corrected chi connectivity index (χ2v) is 8.44. The molecule has 7 nitrogen and oxygen atoms in total. The summed E-state index contributed by atoms with van der Waals surface area (Å²) < 4.78 is 11.5. The van der Waals surface area contributed by atoms with Crippen LogP contribution in [0.25, 0.3) is 0 Å². The highest BCUT2D eigenvalue weighted by atomic mass is 16.5. The van der Waals surface area contributed by atoms with Crippen LogP contribution in [-0.4, -0.2) is 61.7 Å². The number of nitrogens with one attached hydrogen (secondary N) is 1. The molecule has 1 aromatic heterocycles. The summed E-state index contributed by atoms with van der Waals surface area (Å²) in [6.07, 6.45) is 4.41. The number of pyridine rings is 1. The smallest absolute Gasteiger partial charge is 0.225 e. The molecule has 0 saturated carbocycles. The SMILES string of the molecule is O=C1CCc2ccc(OCCCCN3CCN(c4cccc5c4CCO5)CC3)nc2N1. The number of hydrogen-bond acceptors (Lipinski definition) is 6. The van der Waals surface area contributed by atoms with E-state index in [4.69, 9.17) is 9.47 Å². The van der Waals surface area contributed by atoms with Gasteiger partial charge in [-0.3, -0.25) is 9.69 Å². The molecule has 5 rings (SSSR count). The van der Waals surface area contributed by atoms with Crippen LogP contribution in [0.2, 0.25) is 0 Å². The molecule has 1 fully saturated rings. The molecule has 164 valence electrons. The number of aryl methyl sites for hydroxylation is 1. The monoisotopic (exact) mass is 422 g/mol. The number of unbranched alkanes of at least 4 members (excludes halogenated alkanes) is 1. The van der Waals surface area contributed by atoms with E-state index >= 15 is 0 Å². The molecule has 1 amide bonds. The van der Waals surface area contributed by atoms with Crippen molar-refractivity contribution in [1.29, 1.82) is 0 Å². The predicted octanol–water partition coefficient (Wildman–Crippen LogP) is 2.88. The van der Waals surface area contributed by atoms with Gasteiger partial charge in [0.2, 0.25) is 11.8 Å². The fourth-order valence-electron chi connectivity index (χ4n) is 4.63. The van der Waals surface area contributed by atoms with Crippen LogP contribution in [0.3, 0.4) is 0 Å². The van der Waals surface area contributed by atoms with Crippen LogP contribution in [-0.2, 0) is 17.6 Å². The molecule has 2 aromatic rings. The van der Waals surface area contributed by atoms with Crippen LogP contribution in [0, 0.1) is 0 Å². The Morgan fingerprint density at radius 1 is 1.03 bits per heavy atom. The minimum absolute atomic E-state index is 0.0298. The molecule has 3 aliphatic rings. The van der Waals surface area contributed by atoms with Crippen molar-refractivity contribution >= 4 is 17.4 Å². The van der Waals surface area contributed by atoms with Gasteiger partial charge in [-0.05, 0) is 49.6 Å². The highest BCUT2D eigenvalue weighted by Gasteiger charge is 2.23. The van der Waals surface area contributed by atoms with Crippen LogP contribution in [0.4, 0.5) is 11.5 Å². The summed E-state index contributed by atoms with van der Waals surface area (Å²) in [5.41, 5.74) is 3.82. The molecule has 0 radical (unpaired) electrons. The Labute approximate surface area is 183 Å². The van der Waals surface area contributed by atoms with E-state index in [0.29, 0.717) is 24.7 Å². The largest absolute Gasteiger partial charge is 0.493 e. The molecule has 1 N–H and O–H groups in total. The number of fused-ring (bicyclic) bond motifs is 2. The number of rotatable bonds is 7. The third-order valence-electron chi connectivity index (χ3n) is 6.38. The number of nitrogens with zero attached hydrogens (tertiary/aromatic N) is 3. The van der Waals surface area contributed by atoms with E-state index in [1.807, 2.05) is 12.1 Å². The van der Waals surface area contributed by atoms with Crippen LogP contribution in [0.15, 0.2) is 30.3 Å². The lowest BCUT2D eigenvalue weighted by Gasteiger charge is -2.36. The van der Waals surface area contributed by atoms with Crippen molar-refractivity contribution in [3.8, 4) is 11.6 Å². The number of piperazine rings is 1. The standard InChI is InChI=1S/C24H30N4O3/c29-22-8-6-18-7-9-23(26-24(18)25-22)31-16-2-1-11-27-12-14-28(15-13-27)20-4-3-5-21-19(20)10-17-30-21/h3-5,7,9H,1-2,6,8,10-17H2,(H,25,26,29). The van der Waals surface area contributed by atoms with Crippen LogP contribution < -0.4 is 19.7 Å². The van der Waals surface area contributed by atoms with Crippen LogP contribution in [0.5, 0.6) is 11.6 Å². The molecule has 0 bridgehead atoms. The van der Waals surface area contributed by atoms with Crippen molar-refractivity contribution in [3.63, 3.8) is 0 Å².